The highest BCUT2D eigenvalue weighted by atomic mass is 16.5. The number of hydrogen-bond acceptors (Lipinski definition) is 4. The Morgan fingerprint density at radius 2 is 1.65 bits per heavy atom. The van der Waals surface area contributed by atoms with E-state index in [1.807, 2.05) is 49.4 Å². The molecule has 0 aliphatic carbocycles. The second-order valence-electron chi connectivity index (χ2n) is 8.05. The molecule has 0 spiro atoms. The first-order chi connectivity index (χ1) is 14.8. The summed E-state index contributed by atoms with van der Waals surface area (Å²) in [7, 11) is 1.35. The van der Waals surface area contributed by atoms with Gasteiger partial charge in [-0.3, -0.25) is 9.59 Å². The Labute approximate surface area is 181 Å². The van der Waals surface area contributed by atoms with E-state index in [-0.39, 0.29) is 11.7 Å². The summed E-state index contributed by atoms with van der Waals surface area (Å²) < 4.78 is 4.81. The number of hydrogen-bond donors (Lipinski definition) is 1. The number of carbonyl (C=O) groups excluding carboxylic acids is 3. The first-order valence-corrected chi connectivity index (χ1v) is 10.1. The summed E-state index contributed by atoms with van der Waals surface area (Å²) in [6, 6.07) is 20.5. The number of Topliss-reactive ketones (excluding diaryl/α,β-unsaturated/α-hetero) is 1. The van der Waals surface area contributed by atoms with Crippen molar-refractivity contribution < 1.29 is 19.1 Å². The standard InChI is InChI=1S/C26H23NO4/c1-16(28)18-7-5-8-19(13-18)20-10-11-23-22(14-20)26(2,25(30)27-23)15-17-6-4-9-21(12-17)24(29)31-3/h4-14H,15H2,1-3H3,(H,27,30). The molecule has 0 saturated carbocycles. The molecule has 31 heavy (non-hydrogen) atoms. The predicted molar refractivity (Wildman–Crippen MR) is 119 cm³/mol. The summed E-state index contributed by atoms with van der Waals surface area (Å²) in [5.74, 6) is -0.480. The molecule has 1 aliphatic rings. The zero-order chi connectivity index (χ0) is 22.2. The number of ketones is 1. The van der Waals surface area contributed by atoms with Gasteiger partial charge in [-0.1, -0.05) is 36.4 Å². The third kappa shape index (κ3) is 3.75. The largest absolute Gasteiger partial charge is 0.465 e. The molecule has 0 aromatic heterocycles. The molecule has 5 heteroatoms. The summed E-state index contributed by atoms with van der Waals surface area (Å²) in [4.78, 5) is 36.6. The number of ether oxygens (including phenoxy) is 1. The number of nitrogens with one attached hydrogen (secondary N) is 1. The van der Waals surface area contributed by atoms with Crippen molar-refractivity contribution in [1.82, 2.24) is 0 Å². The van der Waals surface area contributed by atoms with Crippen molar-refractivity contribution >= 4 is 23.3 Å². The third-order valence-electron chi connectivity index (χ3n) is 5.87. The Bertz CT molecular complexity index is 1210. The van der Waals surface area contributed by atoms with Crippen molar-refractivity contribution in [2.24, 2.45) is 0 Å². The van der Waals surface area contributed by atoms with E-state index in [2.05, 4.69) is 5.32 Å². The van der Waals surface area contributed by atoms with Crippen molar-refractivity contribution in [3.63, 3.8) is 0 Å². The fourth-order valence-corrected chi connectivity index (χ4v) is 4.10. The Balaban J connectivity index is 1.73. The van der Waals surface area contributed by atoms with Crippen molar-refractivity contribution in [3.05, 3.63) is 89.0 Å². The minimum Gasteiger partial charge on any atom is -0.465 e. The molecule has 4 rings (SSSR count). The average Bonchev–Trinajstić information content (AvgIpc) is 3.02. The van der Waals surface area contributed by atoms with Gasteiger partial charge in [0.15, 0.2) is 5.78 Å². The Morgan fingerprint density at radius 1 is 0.935 bits per heavy atom. The van der Waals surface area contributed by atoms with Crippen LogP contribution in [0.25, 0.3) is 11.1 Å². The molecule has 0 bridgehead atoms. The summed E-state index contributed by atoms with van der Waals surface area (Å²) in [5.41, 5.74) is 4.72. The second kappa shape index (κ2) is 7.84. The molecular weight excluding hydrogens is 390 g/mol. The van der Waals surface area contributed by atoms with Crippen LogP contribution in [-0.4, -0.2) is 24.8 Å². The molecule has 3 aromatic carbocycles. The zero-order valence-electron chi connectivity index (χ0n) is 17.7. The van der Waals surface area contributed by atoms with Crippen LogP contribution in [0, 0.1) is 0 Å². The molecule has 1 atom stereocenters. The molecule has 1 N–H and O–H groups in total. The van der Waals surface area contributed by atoms with Gasteiger partial charge in [0.05, 0.1) is 18.1 Å². The molecule has 3 aromatic rings. The van der Waals surface area contributed by atoms with Crippen molar-refractivity contribution in [2.75, 3.05) is 12.4 Å². The maximum Gasteiger partial charge on any atom is 0.337 e. The lowest BCUT2D eigenvalue weighted by Gasteiger charge is -2.23. The van der Waals surface area contributed by atoms with E-state index in [1.54, 1.807) is 31.2 Å². The van der Waals surface area contributed by atoms with Gasteiger partial charge in [-0.2, -0.15) is 0 Å². The van der Waals surface area contributed by atoms with Crippen LogP contribution in [0.5, 0.6) is 0 Å². The van der Waals surface area contributed by atoms with Gasteiger partial charge in [-0.25, -0.2) is 4.79 Å². The predicted octanol–water partition coefficient (Wildman–Crippen LogP) is 4.80. The maximum atomic E-state index is 13.0. The van der Waals surface area contributed by atoms with E-state index in [9.17, 15) is 14.4 Å². The van der Waals surface area contributed by atoms with E-state index in [4.69, 9.17) is 4.74 Å². The molecule has 0 saturated heterocycles. The molecular formula is C26H23NO4. The van der Waals surface area contributed by atoms with Gasteiger partial charge in [0.2, 0.25) is 5.91 Å². The van der Waals surface area contributed by atoms with Crippen LogP contribution in [0.4, 0.5) is 5.69 Å². The van der Waals surface area contributed by atoms with E-state index in [1.165, 1.54) is 7.11 Å². The van der Waals surface area contributed by atoms with Crippen LogP contribution in [0.15, 0.2) is 66.7 Å². The molecule has 156 valence electrons. The summed E-state index contributed by atoms with van der Waals surface area (Å²) in [6.45, 7) is 3.46. The smallest absolute Gasteiger partial charge is 0.337 e. The van der Waals surface area contributed by atoms with Crippen LogP contribution in [0.3, 0.4) is 0 Å². The Morgan fingerprint density at radius 3 is 2.39 bits per heavy atom. The average molecular weight is 413 g/mol. The van der Waals surface area contributed by atoms with Gasteiger partial charge in [0.1, 0.15) is 0 Å². The highest BCUT2D eigenvalue weighted by Gasteiger charge is 2.42. The quantitative estimate of drug-likeness (QED) is 0.482. The van der Waals surface area contributed by atoms with Crippen molar-refractivity contribution in [3.8, 4) is 11.1 Å². The summed E-state index contributed by atoms with van der Waals surface area (Å²) >= 11 is 0. The molecule has 0 fully saturated rings. The monoisotopic (exact) mass is 413 g/mol. The number of anilines is 1. The fraction of sp³-hybridized carbons (Fsp3) is 0.192. The lowest BCUT2D eigenvalue weighted by molar-refractivity contribution is -0.120. The van der Waals surface area contributed by atoms with Crippen LogP contribution < -0.4 is 5.32 Å². The number of carbonyl (C=O) groups is 3. The summed E-state index contributed by atoms with van der Waals surface area (Å²) in [6.07, 6.45) is 0.438. The minimum absolute atomic E-state index is 0.00943. The zero-order valence-corrected chi connectivity index (χ0v) is 17.7. The lowest BCUT2D eigenvalue weighted by Crippen LogP contribution is -2.33. The highest BCUT2D eigenvalue weighted by Crippen LogP contribution is 2.42. The van der Waals surface area contributed by atoms with Gasteiger partial charge in [0.25, 0.3) is 0 Å². The fourth-order valence-electron chi connectivity index (χ4n) is 4.10. The first-order valence-electron chi connectivity index (χ1n) is 10.1. The number of amides is 1. The molecule has 0 radical (unpaired) electrons. The number of fused-ring (bicyclic) bond motifs is 1. The van der Waals surface area contributed by atoms with E-state index >= 15 is 0 Å². The van der Waals surface area contributed by atoms with Crippen LogP contribution in [0.2, 0.25) is 0 Å². The molecule has 5 nitrogen and oxygen atoms in total. The maximum absolute atomic E-state index is 13.0. The van der Waals surface area contributed by atoms with Crippen molar-refractivity contribution in [1.29, 1.82) is 0 Å². The van der Waals surface area contributed by atoms with Gasteiger partial charge < -0.3 is 10.1 Å². The molecule has 1 amide bonds. The number of benzene rings is 3. The van der Waals surface area contributed by atoms with Crippen LogP contribution in [0.1, 0.15) is 45.7 Å². The molecule has 1 heterocycles. The van der Waals surface area contributed by atoms with E-state index < -0.39 is 11.4 Å². The number of esters is 1. The van der Waals surface area contributed by atoms with E-state index in [0.29, 0.717) is 17.5 Å². The minimum atomic E-state index is -0.793. The van der Waals surface area contributed by atoms with Crippen LogP contribution in [-0.2, 0) is 21.4 Å². The summed E-state index contributed by atoms with van der Waals surface area (Å²) in [5, 5.41) is 2.98. The first kappa shape index (κ1) is 20.5. The van der Waals surface area contributed by atoms with Gasteiger partial charge >= 0.3 is 5.97 Å². The van der Waals surface area contributed by atoms with Crippen molar-refractivity contribution in [2.45, 2.75) is 25.7 Å². The SMILES string of the molecule is COC(=O)c1cccc(CC2(C)C(=O)Nc3ccc(-c4cccc(C(C)=O)c4)cc32)c1. The van der Waals surface area contributed by atoms with Gasteiger partial charge in [0, 0.05) is 11.3 Å². The van der Waals surface area contributed by atoms with Crippen LogP contribution >= 0.6 is 0 Å². The highest BCUT2D eigenvalue weighted by molar-refractivity contribution is 6.06. The lowest BCUT2D eigenvalue weighted by atomic mass is 9.77. The normalized spacial score (nSPS) is 17.1. The Kier molecular flexibility index (Phi) is 5.19. The number of methoxy groups -OCH3 is 1. The molecule has 1 aliphatic heterocycles. The van der Waals surface area contributed by atoms with Gasteiger partial charge in [-0.15, -0.1) is 0 Å². The second-order valence-corrected chi connectivity index (χ2v) is 8.05. The number of rotatable bonds is 5. The Hall–Kier alpha value is -3.73. The third-order valence-corrected chi connectivity index (χ3v) is 5.87. The molecule has 1 unspecified atom stereocenters. The van der Waals surface area contributed by atoms with E-state index in [0.717, 1.165) is 27.9 Å². The topological polar surface area (TPSA) is 72.5 Å². The van der Waals surface area contributed by atoms with Gasteiger partial charge in [-0.05, 0) is 72.9 Å².